The van der Waals surface area contributed by atoms with Crippen LogP contribution in [0, 0.1) is 0 Å². The first-order valence-corrected chi connectivity index (χ1v) is 9.57. The molecule has 2 N–H and O–H groups in total. The molecular weight excluding hydrogens is 326 g/mol. The van der Waals surface area contributed by atoms with E-state index in [1.165, 1.54) is 46.6 Å². The van der Waals surface area contributed by atoms with Crippen LogP contribution in [-0.2, 0) is 4.84 Å². The predicted molar refractivity (Wildman–Crippen MR) is 96.5 cm³/mol. The van der Waals surface area contributed by atoms with Crippen molar-refractivity contribution in [1.82, 2.24) is 14.5 Å². The van der Waals surface area contributed by atoms with Crippen molar-refractivity contribution in [1.29, 1.82) is 0 Å². The Hall–Kier alpha value is -0.600. The Labute approximate surface area is 140 Å². The molecular formula is C13H25N3O2S3. The second kappa shape index (κ2) is 12.0. The summed E-state index contributed by atoms with van der Waals surface area (Å²) in [6, 6.07) is 0. The van der Waals surface area contributed by atoms with Gasteiger partial charge in [0.1, 0.15) is 0 Å². The Morgan fingerprint density at radius 1 is 1.38 bits per heavy atom. The van der Waals surface area contributed by atoms with Gasteiger partial charge < -0.3 is 9.56 Å². The Morgan fingerprint density at radius 2 is 2.05 bits per heavy atom. The molecule has 5 nitrogen and oxygen atoms in total. The quantitative estimate of drug-likeness (QED) is 0.345. The van der Waals surface area contributed by atoms with Crippen LogP contribution >= 0.6 is 35.7 Å². The van der Waals surface area contributed by atoms with Gasteiger partial charge in [0.15, 0.2) is 0 Å². The number of hydrogen-bond acceptors (Lipinski definition) is 7. The van der Waals surface area contributed by atoms with E-state index in [1.54, 1.807) is 18.8 Å². The molecule has 0 aliphatic rings. The lowest BCUT2D eigenvalue weighted by Crippen LogP contribution is -2.29. The summed E-state index contributed by atoms with van der Waals surface area (Å²) in [5, 5.41) is 1.66. The first-order valence-electron chi connectivity index (χ1n) is 6.59. The molecule has 0 aromatic rings. The van der Waals surface area contributed by atoms with Gasteiger partial charge in [-0.05, 0) is 37.9 Å². The standard InChI is InChI=1S/C13H25N3O2S3/c1-7-8-9-20-12(10(2)3)15-21-16(5)13(17)18-14-11(4)19-6/h14-15H,4,7-9H2,1-3,5-6H3. The Morgan fingerprint density at radius 3 is 2.57 bits per heavy atom. The molecule has 0 radical (unpaired) electrons. The average Bonchev–Trinajstić information content (AvgIpc) is 2.46. The molecule has 0 saturated heterocycles. The lowest BCUT2D eigenvalue weighted by molar-refractivity contribution is 0.0973. The Balaban J connectivity index is 4.18. The molecule has 0 aliphatic heterocycles. The number of amides is 1. The second-order valence-electron chi connectivity index (χ2n) is 4.32. The highest BCUT2D eigenvalue weighted by atomic mass is 32.2. The summed E-state index contributed by atoms with van der Waals surface area (Å²) < 4.78 is 4.57. The number of carbonyl (C=O) groups is 1. The number of unbranched alkanes of at least 4 members (excludes halogenated alkanes) is 1. The van der Waals surface area contributed by atoms with Crippen LogP contribution in [0.4, 0.5) is 4.79 Å². The zero-order valence-corrected chi connectivity index (χ0v) is 15.8. The van der Waals surface area contributed by atoms with Crippen LogP contribution in [0.15, 0.2) is 22.2 Å². The molecule has 0 rings (SSSR count). The number of hydrogen-bond donors (Lipinski definition) is 2. The highest BCUT2D eigenvalue weighted by Gasteiger charge is 2.13. The summed E-state index contributed by atoms with van der Waals surface area (Å²) >= 11 is 4.33. The summed E-state index contributed by atoms with van der Waals surface area (Å²) in [6.07, 6.45) is 3.70. The number of allylic oxidation sites excluding steroid dienone is 1. The molecule has 1 amide bonds. The molecule has 0 aromatic heterocycles. The third kappa shape index (κ3) is 9.87. The van der Waals surface area contributed by atoms with Crippen LogP contribution in [0.25, 0.3) is 0 Å². The van der Waals surface area contributed by atoms with Gasteiger partial charge in [-0.25, -0.2) is 14.6 Å². The van der Waals surface area contributed by atoms with Crippen LogP contribution in [0.2, 0.25) is 0 Å². The minimum atomic E-state index is -0.491. The van der Waals surface area contributed by atoms with Crippen LogP contribution in [0.1, 0.15) is 33.6 Å². The molecule has 21 heavy (non-hydrogen) atoms. The van der Waals surface area contributed by atoms with Crippen LogP contribution in [0.5, 0.6) is 0 Å². The number of thioether (sulfide) groups is 2. The lowest BCUT2D eigenvalue weighted by Gasteiger charge is -2.18. The molecule has 0 aromatic carbocycles. The monoisotopic (exact) mass is 351 g/mol. The Kier molecular flexibility index (Phi) is 11.7. The zero-order chi connectivity index (χ0) is 16.3. The van der Waals surface area contributed by atoms with Gasteiger partial charge in [0.05, 0.1) is 22.2 Å². The van der Waals surface area contributed by atoms with E-state index in [1.807, 2.05) is 20.1 Å². The zero-order valence-electron chi connectivity index (χ0n) is 13.3. The fraction of sp³-hybridized carbons (Fsp3) is 0.615. The first-order chi connectivity index (χ1) is 9.92. The normalized spacial score (nSPS) is 9.76. The predicted octanol–water partition coefficient (Wildman–Crippen LogP) is 4.33. The van der Waals surface area contributed by atoms with Gasteiger partial charge in [-0.2, -0.15) is 0 Å². The lowest BCUT2D eigenvalue weighted by atomic mass is 10.4. The summed E-state index contributed by atoms with van der Waals surface area (Å²) in [5.74, 6) is 1.06. The maximum atomic E-state index is 11.7. The van der Waals surface area contributed by atoms with Crippen molar-refractivity contribution in [2.24, 2.45) is 0 Å². The van der Waals surface area contributed by atoms with Crippen LogP contribution < -0.4 is 10.2 Å². The molecule has 8 heteroatoms. The second-order valence-corrected chi connectivity index (χ2v) is 7.26. The van der Waals surface area contributed by atoms with E-state index >= 15 is 0 Å². The molecule has 0 bridgehead atoms. The molecule has 0 spiro atoms. The van der Waals surface area contributed by atoms with Gasteiger partial charge in [-0.1, -0.05) is 19.9 Å². The van der Waals surface area contributed by atoms with Crippen molar-refractivity contribution in [2.75, 3.05) is 19.1 Å². The van der Waals surface area contributed by atoms with Crippen molar-refractivity contribution in [3.05, 3.63) is 22.2 Å². The SMILES string of the molecule is C=C(NOC(=O)N(C)SNC(SCCCC)=C(C)C)SC. The fourth-order valence-electron chi connectivity index (χ4n) is 0.948. The third-order valence-electron chi connectivity index (χ3n) is 2.23. The molecule has 0 fully saturated rings. The number of nitrogens with zero attached hydrogens (tertiary/aromatic N) is 1. The minimum absolute atomic E-state index is 0.491. The van der Waals surface area contributed by atoms with E-state index in [0.29, 0.717) is 5.03 Å². The van der Waals surface area contributed by atoms with Crippen molar-refractivity contribution in [3.63, 3.8) is 0 Å². The first kappa shape index (κ1) is 20.4. The molecule has 0 aliphatic carbocycles. The van der Waals surface area contributed by atoms with Gasteiger partial charge in [0, 0.05) is 7.05 Å². The molecule has 122 valence electrons. The van der Waals surface area contributed by atoms with Gasteiger partial charge in [-0.3, -0.25) is 0 Å². The van der Waals surface area contributed by atoms with E-state index in [9.17, 15) is 4.79 Å². The Bertz CT molecular complexity index is 372. The summed E-state index contributed by atoms with van der Waals surface area (Å²) in [6.45, 7) is 9.93. The molecule has 0 heterocycles. The smallest absolute Gasteiger partial charge is 0.323 e. The number of rotatable bonds is 10. The van der Waals surface area contributed by atoms with E-state index in [0.717, 1.165) is 10.8 Å². The van der Waals surface area contributed by atoms with E-state index < -0.39 is 6.09 Å². The largest absolute Gasteiger partial charge is 0.445 e. The average molecular weight is 352 g/mol. The van der Waals surface area contributed by atoms with Crippen molar-refractivity contribution < 1.29 is 9.63 Å². The van der Waals surface area contributed by atoms with Gasteiger partial charge in [-0.15, -0.1) is 23.5 Å². The van der Waals surface area contributed by atoms with E-state index in [-0.39, 0.29) is 0 Å². The third-order valence-corrected chi connectivity index (χ3v) is 4.94. The van der Waals surface area contributed by atoms with Crippen molar-refractivity contribution >= 4 is 41.8 Å². The van der Waals surface area contributed by atoms with Gasteiger partial charge >= 0.3 is 6.09 Å². The summed E-state index contributed by atoms with van der Waals surface area (Å²) in [4.78, 5) is 16.6. The highest BCUT2D eigenvalue weighted by Crippen LogP contribution is 2.22. The van der Waals surface area contributed by atoms with Crippen LogP contribution in [-0.4, -0.2) is 29.5 Å². The van der Waals surface area contributed by atoms with Gasteiger partial charge in [0.25, 0.3) is 0 Å². The van der Waals surface area contributed by atoms with E-state index in [4.69, 9.17) is 4.84 Å². The van der Waals surface area contributed by atoms with Crippen molar-refractivity contribution in [3.8, 4) is 0 Å². The number of hydroxylamine groups is 1. The fourth-order valence-corrected chi connectivity index (χ4v) is 2.88. The maximum absolute atomic E-state index is 11.7. The molecule has 0 saturated carbocycles. The summed E-state index contributed by atoms with van der Waals surface area (Å²) in [7, 11) is 1.64. The van der Waals surface area contributed by atoms with Crippen molar-refractivity contribution in [2.45, 2.75) is 33.6 Å². The molecule has 0 atom stereocenters. The molecule has 0 unspecified atom stereocenters. The minimum Gasteiger partial charge on any atom is -0.323 e. The van der Waals surface area contributed by atoms with E-state index in [2.05, 4.69) is 23.7 Å². The highest BCUT2D eigenvalue weighted by molar-refractivity contribution is 8.04. The van der Waals surface area contributed by atoms with Crippen LogP contribution in [0.3, 0.4) is 0 Å². The van der Waals surface area contributed by atoms with Gasteiger partial charge in [0.2, 0.25) is 0 Å². The number of carbonyl (C=O) groups excluding carboxylic acids is 1. The number of nitrogens with one attached hydrogen (secondary N) is 2. The summed E-state index contributed by atoms with van der Waals surface area (Å²) in [5.41, 5.74) is 3.68. The topological polar surface area (TPSA) is 53.6 Å². The maximum Gasteiger partial charge on any atom is 0.445 e.